The molecule has 0 radical (unpaired) electrons. The van der Waals surface area contributed by atoms with Crippen molar-refractivity contribution in [2.75, 3.05) is 0 Å². The molecule has 1 N–H and O–H groups in total. The minimum absolute atomic E-state index is 0.237. The first kappa shape index (κ1) is 13.2. The van der Waals surface area contributed by atoms with Crippen LogP contribution in [0.4, 0.5) is 0 Å². The van der Waals surface area contributed by atoms with Crippen LogP contribution in [0.1, 0.15) is 48.6 Å². The predicted molar refractivity (Wildman–Crippen MR) is 72.5 cm³/mol. The van der Waals surface area contributed by atoms with Gasteiger partial charge in [-0.1, -0.05) is 0 Å². The molecule has 2 heterocycles. The molecule has 1 atom stereocenters. The molecule has 0 aromatic carbocycles. The Labute approximate surface area is 111 Å². The number of hydrogen-bond donors (Lipinski definition) is 1. The smallest absolute Gasteiger partial charge is 0.141 e. The summed E-state index contributed by atoms with van der Waals surface area (Å²) in [7, 11) is 0. The van der Waals surface area contributed by atoms with E-state index in [9.17, 15) is 0 Å². The molecule has 0 aliphatic heterocycles. The molecule has 0 fully saturated rings. The molecule has 0 bridgehead atoms. The number of aryl methyl sites for hydroxylation is 1. The Bertz CT molecular complexity index is 502. The van der Waals surface area contributed by atoms with E-state index in [0.717, 1.165) is 10.8 Å². The molecule has 18 heavy (non-hydrogen) atoms. The average Bonchev–Trinajstić information content (AvgIpc) is 2.94. The largest absolute Gasteiger partial charge is 0.301 e. The lowest BCUT2D eigenvalue weighted by atomic mass is 10.3. The van der Waals surface area contributed by atoms with E-state index in [-0.39, 0.29) is 6.04 Å². The van der Waals surface area contributed by atoms with Gasteiger partial charge in [-0.05, 0) is 27.7 Å². The minimum atomic E-state index is 0.237. The van der Waals surface area contributed by atoms with Gasteiger partial charge in [-0.3, -0.25) is 0 Å². The van der Waals surface area contributed by atoms with E-state index in [1.54, 1.807) is 17.7 Å². The lowest BCUT2D eigenvalue weighted by molar-refractivity contribution is 0.473. The van der Waals surface area contributed by atoms with Gasteiger partial charge in [-0.2, -0.15) is 5.10 Å². The van der Waals surface area contributed by atoms with Gasteiger partial charge in [0.05, 0.1) is 12.6 Å². The summed E-state index contributed by atoms with van der Waals surface area (Å²) in [6.07, 6.45) is 3.52. The molecule has 0 aliphatic carbocycles. The highest BCUT2D eigenvalue weighted by Gasteiger charge is 2.12. The summed E-state index contributed by atoms with van der Waals surface area (Å²) >= 11 is 1.73. The number of nitrogens with zero attached hydrogens (tertiary/aromatic N) is 4. The quantitative estimate of drug-likeness (QED) is 0.902. The molecular weight excluding hydrogens is 246 g/mol. The Morgan fingerprint density at radius 3 is 2.72 bits per heavy atom. The minimum Gasteiger partial charge on any atom is -0.301 e. The summed E-state index contributed by atoms with van der Waals surface area (Å²) in [5.41, 5.74) is 0. The van der Waals surface area contributed by atoms with E-state index in [4.69, 9.17) is 0 Å². The molecule has 1 unspecified atom stereocenters. The zero-order chi connectivity index (χ0) is 13.1. The van der Waals surface area contributed by atoms with Crippen LogP contribution >= 0.6 is 11.3 Å². The Morgan fingerprint density at radius 2 is 2.11 bits per heavy atom. The van der Waals surface area contributed by atoms with Gasteiger partial charge >= 0.3 is 0 Å². The maximum Gasteiger partial charge on any atom is 0.141 e. The number of hydrogen-bond acceptors (Lipinski definition) is 5. The second-order valence-corrected chi connectivity index (χ2v) is 5.89. The summed E-state index contributed by atoms with van der Waals surface area (Å²) in [5.74, 6) is 0.963. The van der Waals surface area contributed by atoms with Gasteiger partial charge in [0.15, 0.2) is 0 Å². The van der Waals surface area contributed by atoms with Crippen molar-refractivity contribution in [2.45, 2.75) is 46.3 Å². The molecule has 0 aliphatic rings. The standard InChI is InChI=1S/C12H19N5S/c1-8(2)17-11(15-7-16-17)6-13-10(4)12-14-5-9(3)18-12/h5,7-8,10,13H,6H2,1-4H3. The number of aromatic nitrogens is 4. The molecule has 5 nitrogen and oxygen atoms in total. The van der Waals surface area contributed by atoms with E-state index < -0.39 is 0 Å². The molecule has 2 aromatic rings. The first-order valence-corrected chi connectivity index (χ1v) is 6.93. The van der Waals surface area contributed by atoms with Crippen LogP contribution < -0.4 is 5.32 Å². The van der Waals surface area contributed by atoms with Crippen LogP contribution in [0.5, 0.6) is 0 Å². The van der Waals surface area contributed by atoms with Crippen LogP contribution in [0.2, 0.25) is 0 Å². The second kappa shape index (κ2) is 5.58. The topological polar surface area (TPSA) is 55.6 Å². The molecule has 0 saturated carbocycles. The van der Waals surface area contributed by atoms with Crippen LogP contribution in [0.3, 0.4) is 0 Å². The van der Waals surface area contributed by atoms with E-state index in [1.807, 2.05) is 10.9 Å². The maximum atomic E-state index is 4.39. The van der Waals surface area contributed by atoms with Gasteiger partial charge in [0.1, 0.15) is 17.2 Å². The van der Waals surface area contributed by atoms with Crippen molar-refractivity contribution in [3.63, 3.8) is 0 Å². The van der Waals surface area contributed by atoms with Gasteiger partial charge in [0.2, 0.25) is 0 Å². The summed E-state index contributed by atoms with van der Waals surface area (Å²) in [5, 5.41) is 8.77. The molecule has 2 rings (SSSR count). The van der Waals surface area contributed by atoms with E-state index in [0.29, 0.717) is 12.6 Å². The molecule has 0 spiro atoms. The van der Waals surface area contributed by atoms with Gasteiger partial charge in [0.25, 0.3) is 0 Å². The molecule has 6 heteroatoms. The molecule has 0 amide bonds. The van der Waals surface area contributed by atoms with Crippen molar-refractivity contribution in [1.29, 1.82) is 0 Å². The van der Waals surface area contributed by atoms with E-state index in [2.05, 4.69) is 48.1 Å². The molecular formula is C12H19N5S. The number of rotatable bonds is 5. The fraction of sp³-hybridized carbons (Fsp3) is 0.583. The highest BCUT2D eigenvalue weighted by molar-refractivity contribution is 7.11. The summed E-state index contributed by atoms with van der Waals surface area (Å²) in [4.78, 5) is 9.91. The zero-order valence-corrected chi connectivity index (χ0v) is 12.0. The van der Waals surface area contributed by atoms with Crippen molar-refractivity contribution in [1.82, 2.24) is 25.1 Å². The maximum absolute atomic E-state index is 4.39. The van der Waals surface area contributed by atoms with Crippen LogP contribution in [0.25, 0.3) is 0 Å². The van der Waals surface area contributed by atoms with Gasteiger partial charge in [-0.25, -0.2) is 14.6 Å². The fourth-order valence-electron chi connectivity index (χ4n) is 1.74. The third-order valence-corrected chi connectivity index (χ3v) is 3.81. The van der Waals surface area contributed by atoms with Crippen LogP contribution in [0, 0.1) is 6.92 Å². The normalized spacial score (nSPS) is 13.2. The van der Waals surface area contributed by atoms with Gasteiger partial charge in [0, 0.05) is 17.1 Å². The highest BCUT2D eigenvalue weighted by atomic mass is 32.1. The van der Waals surface area contributed by atoms with Crippen molar-refractivity contribution in [2.24, 2.45) is 0 Å². The van der Waals surface area contributed by atoms with Crippen LogP contribution in [0.15, 0.2) is 12.5 Å². The van der Waals surface area contributed by atoms with E-state index >= 15 is 0 Å². The fourth-order valence-corrected chi connectivity index (χ4v) is 2.54. The monoisotopic (exact) mass is 265 g/mol. The van der Waals surface area contributed by atoms with E-state index in [1.165, 1.54) is 4.88 Å². The number of nitrogens with one attached hydrogen (secondary N) is 1. The Kier molecular flexibility index (Phi) is 4.08. The SMILES string of the molecule is Cc1cnc(C(C)NCc2ncnn2C(C)C)s1. The van der Waals surface area contributed by atoms with Crippen LogP contribution in [-0.4, -0.2) is 19.7 Å². The lowest BCUT2D eigenvalue weighted by Gasteiger charge is -2.13. The Hall–Kier alpha value is -1.27. The highest BCUT2D eigenvalue weighted by Crippen LogP contribution is 2.19. The lowest BCUT2D eigenvalue weighted by Crippen LogP contribution is -2.21. The summed E-state index contributed by atoms with van der Waals surface area (Å²) in [6, 6.07) is 0.572. The van der Waals surface area contributed by atoms with Gasteiger partial charge in [-0.15, -0.1) is 11.3 Å². The molecule has 98 valence electrons. The third-order valence-electron chi connectivity index (χ3n) is 2.71. The van der Waals surface area contributed by atoms with Gasteiger partial charge < -0.3 is 5.32 Å². The Balaban J connectivity index is 1.97. The van der Waals surface area contributed by atoms with Crippen molar-refractivity contribution < 1.29 is 0 Å². The third kappa shape index (κ3) is 2.94. The van der Waals surface area contributed by atoms with Crippen molar-refractivity contribution in [3.8, 4) is 0 Å². The first-order chi connectivity index (χ1) is 8.58. The van der Waals surface area contributed by atoms with Crippen molar-refractivity contribution in [3.05, 3.63) is 28.2 Å². The zero-order valence-electron chi connectivity index (χ0n) is 11.2. The molecule has 2 aromatic heterocycles. The van der Waals surface area contributed by atoms with Crippen LogP contribution in [-0.2, 0) is 6.54 Å². The summed E-state index contributed by atoms with van der Waals surface area (Å²) in [6.45, 7) is 9.10. The summed E-state index contributed by atoms with van der Waals surface area (Å²) < 4.78 is 1.94. The number of thiazole rings is 1. The predicted octanol–water partition coefficient (Wildman–Crippen LogP) is 2.47. The molecule has 0 saturated heterocycles. The average molecular weight is 265 g/mol. The Morgan fingerprint density at radius 1 is 1.33 bits per heavy atom. The van der Waals surface area contributed by atoms with Crippen molar-refractivity contribution >= 4 is 11.3 Å². The second-order valence-electron chi connectivity index (χ2n) is 4.63. The first-order valence-electron chi connectivity index (χ1n) is 6.12.